The van der Waals surface area contributed by atoms with Crippen molar-refractivity contribution >= 4 is 53.3 Å². The first-order chi connectivity index (χ1) is 29.6. The summed E-state index contributed by atoms with van der Waals surface area (Å²) in [6, 6.07) is 12.3. The number of nitrogens with one attached hydrogen (secondary N) is 5. The van der Waals surface area contributed by atoms with Crippen LogP contribution >= 0.6 is 0 Å². The number of carbonyl (C=O) groups excluding carboxylic acids is 8. The van der Waals surface area contributed by atoms with Gasteiger partial charge in [-0.05, 0) is 49.1 Å². The zero-order valence-corrected chi connectivity index (χ0v) is 35.2. The van der Waals surface area contributed by atoms with Crippen LogP contribution < -0.4 is 32.3 Å². The highest BCUT2D eigenvalue weighted by atomic mass is 16.5. The van der Waals surface area contributed by atoms with Crippen LogP contribution in [-0.2, 0) is 54.4 Å². The monoisotopic (exact) mass is 863 g/mol. The maximum Gasteiger partial charge on any atom is 0.407 e. The van der Waals surface area contributed by atoms with Crippen molar-refractivity contribution in [3.63, 3.8) is 0 Å². The molecular weight excluding hydrogens is 807 g/mol. The zero-order chi connectivity index (χ0) is 45.4. The Hall–Kier alpha value is -6.37. The van der Waals surface area contributed by atoms with E-state index >= 15 is 0 Å². The van der Waals surface area contributed by atoms with Crippen LogP contribution in [0.2, 0.25) is 0 Å². The van der Waals surface area contributed by atoms with Crippen LogP contribution in [0.25, 0.3) is 0 Å². The minimum Gasteiger partial charge on any atom is -0.480 e. The Morgan fingerprint density at radius 1 is 0.871 bits per heavy atom. The number of rotatable bonds is 24. The van der Waals surface area contributed by atoms with E-state index in [0.717, 1.165) is 5.56 Å². The molecule has 7 amide bonds. The number of ether oxygens (including phenoxy) is 2. The first kappa shape index (κ1) is 48.3. The lowest BCUT2D eigenvalue weighted by Crippen LogP contribution is -2.56. The average molecular weight is 864 g/mol. The summed E-state index contributed by atoms with van der Waals surface area (Å²) in [6.45, 7) is 4.82. The van der Waals surface area contributed by atoms with Crippen LogP contribution in [0, 0.1) is 11.3 Å². The second-order valence-electron chi connectivity index (χ2n) is 15.8. The molecule has 1 aliphatic heterocycles. The van der Waals surface area contributed by atoms with Crippen LogP contribution in [0.1, 0.15) is 82.9 Å². The van der Waals surface area contributed by atoms with Gasteiger partial charge in [0.25, 0.3) is 5.91 Å². The van der Waals surface area contributed by atoms with E-state index in [0.29, 0.717) is 12.0 Å². The van der Waals surface area contributed by atoms with Crippen molar-refractivity contribution in [1.29, 1.82) is 0 Å². The van der Waals surface area contributed by atoms with Crippen LogP contribution in [0.15, 0.2) is 60.7 Å². The molecular formula is C43H57N7O12. The molecule has 0 aromatic heterocycles. The van der Waals surface area contributed by atoms with Gasteiger partial charge in [-0.3, -0.25) is 38.4 Å². The lowest BCUT2D eigenvalue weighted by atomic mass is 10.0. The van der Waals surface area contributed by atoms with Crippen molar-refractivity contribution in [2.45, 2.75) is 103 Å². The number of hydrogen-bond donors (Lipinski definition) is 7. The summed E-state index contributed by atoms with van der Waals surface area (Å²) in [4.78, 5) is 118. The Bertz CT molecular complexity index is 1930. The van der Waals surface area contributed by atoms with Crippen molar-refractivity contribution in [3.8, 4) is 0 Å². The van der Waals surface area contributed by atoms with Crippen molar-refractivity contribution in [2.24, 2.45) is 17.1 Å². The SMILES string of the molecule is CCCC(NC(=O)[C@@H]1C[C@@H](OCc2ccccc2)CN1C(=O)C(CCCNC(=O)C1(C(=O)O)CC1)NC(=O)OCC(C)C)C(=O)C(=O)NCC(=O)N[C@H](C(N)=O)c1ccccc1. The van der Waals surface area contributed by atoms with Crippen LogP contribution in [0.3, 0.4) is 0 Å². The second kappa shape index (κ2) is 23.0. The fraction of sp³-hybridized carbons (Fsp3) is 0.512. The number of carboxylic acids is 1. The Morgan fingerprint density at radius 3 is 2.13 bits per heavy atom. The molecule has 19 nitrogen and oxygen atoms in total. The number of nitrogens with zero attached hydrogens (tertiary/aromatic N) is 1. The van der Waals surface area contributed by atoms with Gasteiger partial charge in [-0.25, -0.2) is 4.79 Å². The molecule has 0 radical (unpaired) electrons. The van der Waals surface area contributed by atoms with Crippen LogP contribution in [0.4, 0.5) is 4.79 Å². The maximum atomic E-state index is 14.4. The van der Waals surface area contributed by atoms with Gasteiger partial charge in [0.2, 0.25) is 35.3 Å². The molecule has 1 aliphatic carbocycles. The number of alkyl carbamates (subject to hydrolysis) is 1. The van der Waals surface area contributed by atoms with E-state index in [1.54, 1.807) is 37.3 Å². The molecule has 1 saturated heterocycles. The Labute approximate surface area is 359 Å². The molecule has 19 heteroatoms. The van der Waals surface area contributed by atoms with Gasteiger partial charge in [0.15, 0.2) is 0 Å². The number of ketones is 1. The number of amides is 7. The normalized spacial score (nSPS) is 17.7. The summed E-state index contributed by atoms with van der Waals surface area (Å²) < 4.78 is 11.4. The van der Waals surface area contributed by atoms with E-state index in [1.807, 2.05) is 44.2 Å². The van der Waals surface area contributed by atoms with E-state index in [9.17, 15) is 48.3 Å². The number of primary amides is 1. The molecule has 4 rings (SSSR count). The molecule has 336 valence electrons. The molecule has 62 heavy (non-hydrogen) atoms. The largest absolute Gasteiger partial charge is 0.480 e. The number of aliphatic carboxylic acids is 1. The highest BCUT2D eigenvalue weighted by Gasteiger charge is 2.57. The van der Waals surface area contributed by atoms with E-state index < -0.39 is 95.5 Å². The molecule has 2 aliphatic rings. The van der Waals surface area contributed by atoms with Gasteiger partial charge in [-0.2, -0.15) is 0 Å². The van der Waals surface area contributed by atoms with E-state index in [-0.39, 0.29) is 70.7 Å². The first-order valence-electron chi connectivity index (χ1n) is 20.7. The summed E-state index contributed by atoms with van der Waals surface area (Å²) >= 11 is 0. The van der Waals surface area contributed by atoms with Crippen molar-refractivity contribution in [3.05, 3.63) is 71.8 Å². The first-order valence-corrected chi connectivity index (χ1v) is 20.7. The minimum absolute atomic E-state index is 0.00360. The molecule has 0 spiro atoms. The zero-order valence-electron chi connectivity index (χ0n) is 35.2. The maximum absolute atomic E-state index is 14.4. The molecule has 2 unspecified atom stereocenters. The second-order valence-corrected chi connectivity index (χ2v) is 15.8. The Morgan fingerprint density at radius 2 is 1.53 bits per heavy atom. The number of hydrogen-bond acceptors (Lipinski definition) is 11. The van der Waals surface area contributed by atoms with Gasteiger partial charge in [0, 0.05) is 19.5 Å². The average Bonchev–Trinajstić information content (AvgIpc) is 3.97. The van der Waals surface area contributed by atoms with E-state index in [2.05, 4.69) is 26.6 Å². The van der Waals surface area contributed by atoms with Gasteiger partial charge in [-0.1, -0.05) is 87.9 Å². The summed E-state index contributed by atoms with van der Waals surface area (Å²) in [7, 11) is 0. The van der Waals surface area contributed by atoms with Crippen molar-refractivity contribution in [2.75, 3.05) is 26.2 Å². The standard InChI is InChI=1S/C43H57N7O12/c1-4-12-30(35(52)38(55)46-22-33(51)49-34(36(44)53)28-15-9-6-10-16-28)47-37(54)32-21-29(61-25-27-13-7-5-8-14-27)23-50(32)39(56)31(48-42(60)62-24-26(2)3)17-11-20-45-40(57)43(18-19-43)41(58)59/h5-10,13-16,26,29-32,34H,4,11-12,17-25H2,1-3H3,(H2,44,53)(H,45,57)(H,46,55)(H,47,54)(H,48,60)(H,49,51)(H,58,59)/t29-,30?,31?,32+,34+/m1/s1. The number of nitrogens with two attached hydrogens (primary N) is 1. The smallest absolute Gasteiger partial charge is 0.407 e. The topological polar surface area (TPSA) is 282 Å². The predicted octanol–water partition coefficient (Wildman–Crippen LogP) is 0.998. The molecule has 1 saturated carbocycles. The highest BCUT2D eigenvalue weighted by Crippen LogP contribution is 2.46. The van der Waals surface area contributed by atoms with E-state index in [4.69, 9.17) is 15.2 Å². The summed E-state index contributed by atoms with van der Waals surface area (Å²) in [6.07, 6.45) is -0.664. The number of benzene rings is 2. The van der Waals surface area contributed by atoms with Gasteiger partial charge in [0.1, 0.15) is 23.5 Å². The van der Waals surface area contributed by atoms with Gasteiger partial charge < -0.3 is 51.8 Å². The number of Topliss-reactive ketones (excluding diaryl/α,β-unsaturated/α-hetero) is 1. The fourth-order valence-corrected chi connectivity index (χ4v) is 6.83. The quantitative estimate of drug-likeness (QED) is 0.0442. The van der Waals surface area contributed by atoms with Crippen molar-refractivity contribution < 1.29 is 57.7 Å². The molecule has 8 N–H and O–H groups in total. The lowest BCUT2D eigenvalue weighted by Gasteiger charge is -2.29. The highest BCUT2D eigenvalue weighted by molar-refractivity contribution is 6.38. The minimum atomic E-state index is -1.47. The lowest BCUT2D eigenvalue weighted by molar-refractivity contribution is -0.149. The van der Waals surface area contributed by atoms with Crippen LogP contribution in [-0.4, -0.2) is 114 Å². The van der Waals surface area contributed by atoms with Gasteiger partial charge in [-0.15, -0.1) is 0 Å². The number of carboxylic acid groups (broad SMARTS) is 1. The predicted molar refractivity (Wildman–Crippen MR) is 221 cm³/mol. The molecule has 2 aromatic rings. The third-order valence-electron chi connectivity index (χ3n) is 10.4. The summed E-state index contributed by atoms with van der Waals surface area (Å²) in [5.41, 5.74) is 5.25. The Balaban J connectivity index is 1.48. The fourth-order valence-electron chi connectivity index (χ4n) is 6.83. The third-order valence-corrected chi connectivity index (χ3v) is 10.4. The molecule has 5 atom stereocenters. The van der Waals surface area contributed by atoms with E-state index in [1.165, 1.54) is 4.90 Å². The summed E-state index contributed by atoms with van der Waals surface area (Å²) in [5.74, 6) is -7.20. The molecule has 2 fully saturated rings. The number of likely N-dealkylation sites (tertiary alicyclic amines) is 1. The molecule has 1 heterocycles. The molecule has 2 aromatic carbocycles. The van der Waals surface area contributed by atoms with Gasteiger partial charge >= 0.3 is 12.1 Å². The number of carbonyl (C=O) groups is 9. The van der Waals surface area contributed by atoms with Gasteiger partial charge in [0.05, 0.1) is 31.9 Å². The summed E-state index contributed by atoms with van der Waals surface area (Å²) in [5, 5.41) is 21.9. The third kappa shape index (κ3) is 13.8. The molecule has 0 bridgehead atoms. The van der Waals surface area contributed by atoms with Crippen LogP contribution in [0.5, 0.6) is 0 Å². The Kier molecular flexibility index (Phi) is 17.9. The van der Waals surface area contributed by atoms with Crippen molar-refractivity contribution in [1.82, 2.24) is 31.5 Å².